The third-order valence-electron chi connectivity index (χ3n) is 6.93. The number of ether oxygens (including phenoxy) is 4. The lowest BCUT2D eigenvalue weighted by molar-refractivity contribution is -0.143. The van der Waals surface area contributed by atoms with E-state index in [0.29, 0.717) is 43.7 Å². The van der Waals surface area contributed by atoms with Crippen LogP contribution in [0, 0.1) is 17.8 Å². The highest BCUT2D eigenvalue weighted by atomic mass is 16.7. The van der Waals surface area contributed by atoms with Crippen molar-refractivity contribution in [1.82, 2.24) is 10.8 Å². The molecule has 10 nitrogen and oxygen atoms in total. The molecule has 1 rings (SSSR count). The van der Waals surface area contributed by atoms with Crippen LogP contribution in [0.25, 0.3) is 0 Å². The van der Waals surface area contributed by atoms with Crippen molar-refractivity contribution < 1.29 is 38.5 Å². The number of benzene rings is 1. The second-order valence-corrected chi connectivity index (χ2v) is 12.1. The highest BCUT2D eigenvalue weighted by Crippen LogP contribution is 2.32. The van der Waals surface area contributed by atoms with Gasteiger partial charge in [0, 0.05) is 32.6 Å². The summed E-state index contributed by atoms with van der Waals surface area (Å²) in [4.78, 5) is 30.1. The number of hydrogen-bond donors (Lipinski definition) is 3. The predicted molar refractivity (Wildman–Crippen MR) is 163 cm³/mol. The Morgan fingerprint density at radius 2 is 1.74 bits per heavy atom. The summed E-state index contributed by atoms with van der Waals surface area (Å²) in [5, 5.41) is 14.1. The van der Waals surface area contributed by atoms with Crippen molar-refractivity contribution in [2.75, 3.05) is 40.6 Å². The summed E-state index contributed by atoms with van der Waals surface area (Å²) >= 11 is 0. The van der Waals surface area contributed by atoms with Crippen molar-refractivity contribution in [2.45, 2.75) is 98.3 Å². The van der Waals surface area contributed by atoms with E-state index in [1.165, 1.54) is 0 Å². The fraction of sp³-hybridized carbons (Fsp3) is 0.750. The van der Waals surface area contributed by atoms with E-state index in [9.17, 15) is 14.7 Å². The van der Waals surface area contributed by atoms with E-state index in [1.54, 1.807) is 28.1 Å². The maximum atomic E-state index is 12.7. The zero-order chi connectivity index (χ0) is 31.7. The first-order valence-electron chi connectivity index (χ1n) is 15.1. The van der Waals surface area contributed by atoms with Crippen molar-refractivity contribution in [3.05, 3.63) is 23.8 Å². The summed E-state index contributed by atoms with van der Waals surface area (Å²) < 4.78 is 21.5. The number of methoxy groups -OCH3 is 2. The molecule has 0 bridgehead atoms. The van der Waals surface area contributed by atoms with Crippen molar-refractivity contribution in [2.24, 2.45) is 17.8 Å². The quantitative estimate of drug-likeness (QED) is 0.107. The lowest BCUT2D eigenvalue weighted by Crippen LogP contribution is -2.46. The smallest absolute Gasteiger partial charge is 0.307 e. The van der Waals surface area contributed by atoms with Gasteiger partial charge in [0.15, 0.2) is 11.5 Å². The van der Waals surface area contributed by atoms with Crippen LogP contribution in [0.1, 0.15) is 79.7 Å². The lowest BCUT2D eigenvalue weighted by atomic mass is 9.82. The van der Waals surface area contributed by atoms with E-state index in [-0.39, 0.29) is 37.2 Å². The fourth-order valence-electron chi connectivity index (χ4n) is 4.43. The molecule has 0 aromatic heterocycles. The number of rotatable bonds is 21. The van der Waals surface area contributed by atoms with Gasteiger partial charge >= 0.3 is 5.97 Å². The zero-order valence-electron chi connectivity index (χ0n) is 27.3. The largest absolute Gasteiger partial charge is 0.493 e. The Morgan fingerprint density at radius 1 is 1.02 bits per heavy atom. The minimum Gasteiger partial charge on any atom is -0.493 e. The number of aliphatic hydroxyl groups is 1. The maximum Gasteiger partial charge on any atom is 0.307 e. The van der Waals surface area contributed by atoms with Crippen LogP contribution in [0.2, 0.25) is 0 Å². The molecule has 42 heavy (non-hydrogen) atoms. The molecule has 0 saturated heterocycles. The number of hydroxylamine groups is 1. The van der Waals surface area contributed by atoms with Gasteiger partial charge in [0.05, 0.1) is 44.5 Å². The Morgan fingerprint density at radius 3 is 2.33 bits per heavy atom. The molecule has 10 heteroatoms. The summed E-state index contributed by atoms with van der Waals surface area (Å²) in [7, 11) is 3.30. The van der Waals surface area contributed by atoms with Gasteiger partial charge < -0.3 is 29.4 Å². The van der Waals surface area contributed by atoms with Crippen LogP contribution in [-0.2, 0) is 30.3 Å². The van der Waals surface area contributed by atoms with Gasteiger partial charge in [0.2, 0.25) is 5.91 Å². The van der Waals surface area contributed by atoms with Gasteiger partial charge in [-0.3, -0.25) is 14.4 Å². The van der Waals surface area contributed by atoms with Crippen molar-refractivity contribution in [1.29, 1.82) is 0 Å². The second kappa shape index (κ2) is 19.7. The van der Waals surface area contributed by atoms with Crippen LogP contribution in [0.5, 0.6) is 11.5 Å². The van der Waals surface area contributed by atoms with Crippen LogP contribution >= 0.6 is 0 Å². The molecule has 0 aliphatic carbocycles. The number of amides is 1. The number of aliphatic hydroxyl groups excluding tert-OH is 1. The highest BCUT2D eigenvalue weighted by Gasteiger charge is 2.30. The van der Waals surface area contributed by atoms with E-state index in [1.807, 2.05) is 39.0 Å². The molecule has 0 fully saturated rings. The van der Waals surface area contributed by atoms with E-state index in [2.05, 4.69) is 24.6 Å². The molecule has 0 spiro atoms. The van der Waals surface area contributed by atoms with E-state index in [4.69, 9.17) is 23.8 Å². The van der Waals surface area contributed by atoms with Crippen LogP contribution in [0.3, 0.4) is 0 Å². The Balaban J connectivity index is 2.97. The fourth-order valence-corrected chi connectivity index (χ4v) is 4.43. The first-order valence-corrected chi connectivity index (χ1v) is 15.1. The van der Waals surface area contributed by atoms with Crippen LogP contribution in [0.4, 0.5) is 0 Å². The molecular formula is C32H56N2O8. The Bertz CT molecular complexity index is 918. The summed E-state index contributed by atoms with van der Waals surface area (Å²) in [6.07, 6.45) is 1.68. The number of carbonyl (C=O) groups excluding carboxylic acids is 2. The number of nitrogens with one attached hydrogen (secondary N) is 2. The van der Waals surface area contributed by atoms with Crippen molar-refractivity contribution >= 4 is 11.9 Å². The second-order valence-electron chi connectivity index (χ2n) is 12.1. The van der Waals surface area contributed by atoms with E-state index < -0.39 is 23.7 Å². The highest BCUT2D eigenvalue weighted by molar-refractivity contribution is 5.79. The van der Waals surface area contributed by atoms with Crippen molar-refractivity contribution in [3.63, 3.8) is 0 Å². The average Bonchev–Trinajstić information content (AvgIpc) is 2.92. The topological polar surface area (TPSA) is 125 Å². The molecule has 0 heterocycles. The standard InChI is InChI=1S/C32H56N2O8/c1-10-40-30(36)14-15-33-31(37)23(4)18-27(35)26(34-42-32(5,6)7)21-25(22(2)3)19-24-12-13-28(39-9)29(20-24)41-17-11-16-38-8/h12-13,20,22-23,25-27,34-35H,10-11,14-19,21H2,1-9H3,(H,33,37)/t23-,25+,26+,27+/m1/s1. The van der Waals surface area contributed by atoms with Gasteiger partial charge in [-0.2, -0.15) is 5.48 Å². The molecule has 1 aromatic carbocycles. The third-order valence-corrected chi connectivity index (χ3v) is 6.93. The minimum absolute atomic E-state index is 0.111. The van der Waals surface area contributed by atoms with Crippen molar-refractivity contribution in [3.8, 4) is 11.5 Å². The van der Waals surface area contributed by atoms with Gasteiger partial charge in [0.25, 0.3) is 0 Å². The van der Waals surface area contributed by atoms with Crippen LogP contribution in [-0.4, -0.2) is 75.3 Å². The third kappa shape index (κ3) is 15.2. The molecule has 0 saturated carbocycles. The minimum atomic E-state index is -0.838. The molecule has 242 valence electrons. The molecule has 1 amide bonds. The number of esters is 1. The zero-order valence-corrected chi connectivity index (χ0v) is 27.3. The molecule has 1 aromatic rings. The van der Waals surface area contributed by atoms with Crippen LogP contribution in [0.15, 0.2) is 18.2 Å². The Labute approximate surface area is 253 Å². The Hall–Kier alpha value is -2.40. The molecule has 0 aliphatic heterocycles. The first kappa shape index (κ1) is 37.6. The normalized spacial score (nSPS) is 14.6. The van der Waals surface area contributed by atoms with E-state index in [0.717, 1.165) is 18.4 Å². The predicted octanol–water partition coefficient (Wildman–Crippen LogP) is 4.46. The van der Waals surface area contributed by atoms with Gasteiger partial charge in [0.1, 0.15) is 0 Å². The monoisotopic (exact) mass is 596 g/mol. The molecule has 3 N–H and O–H groups in total. The van der Waals surface area contributed by atoms with E-state index >= 15 is 0 Å². The maximum absolute atomic E-state index is 12.7. The number of carbonyl (C=O) groups is 2. The molecule has 0 unspecified atom stereocenters. The SMILES string of the molecule is CCOC(=O)CCNC(=O)[C@H](C)C[C@H](O)[C@H](C[C@H](Cc1ccc(OC)c(OCCCOC)c1)C(C)C)NOC(C)(C)C. The Kier molecular flexibility index (Phi) is 17.7. The summed E-state index contributed by atoms with van der Waals surface area (Å²) in [5.74, 6) is 0.860. The average molecular weight is 597 g/mol. The summed E-state index contributed by atoms with van der Waals surface area (Å²) in [5.41, 5.74) is 3.76. The molecule has 0 radical (unpaired) electrons. The lowest BCUT2D eigenvalue weighted by Gasteiger charge is -2.33. The van der Waals surface area contributed by atoms with Gasteiger partial charge in [-0.25, -0.2) is 0 Å². The summed E-state index contributed by atoms with van der Waals surface area (Å²) in [6.45, 7) is 15.3. The molecule has 4 atom stereocenters. The molecular weight excluding hydrogens is 540 g/mol. The van der Waals surface area contributed by atoms with Crippen LogP contribution < -0.4 is 20.3 Å². The van der Waals surface area contributed by atoms with Gasteiger partial charge in [-0.15, -0.1) is 0 Å². The number of hydrogen-bond acceptors (Lipinski definition) is 9. The first-order chi connectivity index (χ1) is 19.8. The van der Waals surface area contributed by atoms with Gasteiger partial charge in [-0.05, 0) is 76.5 Å². The van der Waals surface area contributed by atoms with Gasteiger partial charge in [-0.1, -0.05) is 26.8 Å². The summed E-state index contributed by atoms with van der Waals surface area (Å²) in [6, 6.07) is 5.58. The molecule has 0 aliphatic rings.